The van der Waals surface area contributed by atoms with Gasteiger partial charge in [0.15, 0.2) is 5.76 Å². The zero-order chi connectivity index (χ0) is 22.0. The maximum atomic E-state index is 12.3. The Morgan fingerprint density at radius 2 is 1.84 bits per heavy atom. The highest BCUT2D eigenvalue weighted by Gasteiger charge is 2.22. The minimum absolute atomic E-state index is 0.0111. The van der Waals surface area contributed by atoms with Crippen LogP contribution in [0.15, 0.2) is 58.0 Å². The van der Waals surface area contributed by atoms with Gasteiger partial charge in [-0.25, -0.2) is 15.0 Å². The fraction of sp³-hybridized carbons (Fsp3) is 0.182. The smallest absolute Gasteiger partial charge is 0.227 e. The lowest BCUT2D eigenvalue weighted by molar-refractivity contribution is 0.162. The van der Waals surface area contributed by atoms with Crippen LogP contribution in [0, 0.1) is 0 Å². The van der Waals surface area contributed by atoms with Gasteiger partial charge < -0.3 is 24.1 Å². The van der Waals surface area contributed by atoms with Gasteiger partial charge in [-0.2, -0.15) is 0 Å². The number of hydrogen-bond donors (Lipinski definition) is 2. The molecule has 0 amide bonds. The number of benzene rings is 1. The number of imidazole rings is 1. The summed E-state index contributed by atoms with van der Waals surface area (Å²) < 4.78 is 10.9. The van der Waals surface area contributed by atoms with Crippen molar-refractivity contribution in [2.45, 2.75) is 6.61 Å². The van der Waals surface area contributed by atoms with Crippen molar-refractivity contribution >= 4 is 5.95 Å². The van der Waals surface area contributed by atoms with E-state index < -0.39 is 11.2 Å². The molecule has 2 N–H and O–H groups in total. The first kappa shape index (κ1) is 20.3. The molecule has 0 unspecified atom stereocenters. The van der Waals surface area contributed by atoms with E-state index in [1.165, 1.54) is 13.2 Å². The molecular formula is C22H21N5O4. The third-order valence-electron chi connectivity index (χ3n) is 4.55. The van der Waals surface area contributed by atoms with Crippen molar-refractivity contribution in [2.24, 2.45) is 0 Å². The number of ether oxygens (including phenoxy) is 1. The van der Waals surface area contributed by atoms with Crippen LogP contribution < -0.4 is 10.3 Å². The largest absolute Gasteiger partial charge is 0.501 e. The van der Waals surface area contributed by atoms with Gasteiger partial charge in [-0.1, -0.05) is 30.3 Å². The van der Waals surface area contributed by atoms with E-state index in [0.717, 1.165) is 5.56 Å². The molecule has 9 nitrogen and oxygen atoms in total. The van der Waals surface area contributed by atoms with Crippen molar-refractivity contribution in [3.8, 4) is 39.8 Å². The fourth-order valence-electron chi connectivity index (χ4n) is 3.07. The van der Waals surface area contributed by atoms with Crippen LogP contribution in [0.5, 0.6) is 5.75 Å². The topological polar surface area (TPSA) is 117 Å². The zero-order valence-corrected chi connectivity index (χ0v) is 17.3. The van der Waals surface area contributed by atoms with E-state index in [1.807, 2.05) is 44.4 Å². The quantitative estimate of drug-likeness (QED) is 0.490. The third-order valence-corrected chi connectivity index (χ3v) is 4.55. The number of hydrogen-bond acceptors (Lipinski definition) is 8. The van der Waals surface area contributed by atoms with E-state index in [1.54, 1.807) is 17.3 Å². The molecule has 0 aliphatic heterocycles. The number of aromatic hydroxyl groups is 1. The van der Waals surface area contributed by atoms with Crippen molar-refractivity contribution in [3.63, 3.8) is 0 Å². The molecule has 1 aromatic carbocycles. The van der Waals surface area contributed by atoms with Crippen LogP contribution in [0.2, 0.25) is 0 Å². The molecular weight excluding hydrogens is 398 g/mol. The lowest BCUT2D eigenvalue weighted by Gasteiger charge is -2.08. The number of aromatic nitrogens is 4. The van der Waals surface area contributed by atoms with Crippen molar-refractivity contribution in [1.29, 1.82) is 0 Å². The van der Waals surface area contributed by atoms with E-state index in [-0.39, 0.29) is 18.1 Å². The summed E-state index contributed by atoms with van der Waals surface area (Å²) in [6.45, 7) is 0.0873. The summed E-state index contributed by atoms with van der Waals surface area (Å²) in [4.78, 5) is 30.6. The van der Waals surface area contributed by atoms with Gasteiger partial charge in [-0.05, 0) is 0 Å². The van der Waals surface area contributed by atoms with Gasteiger partial charge in [-0.15, -0.1) is 0 Å². The molecule has 31 heavy (non-hydrogen) atoms. The van der Waals surface area contributed by atoms with E-state index >= 15 is 0 Å². The number of H-pyrrole nitrogens is 1. The second-order valence-corrected chi connectivity index (χ2v) is 7.03. The van der Waals surface area contributed by atoms with Gasteiger partial charge >= 0.3 is 0 Å². The Balaban J connectivity index is 1.91. The average Bonchev–Trinajstić information content (AvgIpc) is 3.22. The number of methoxy groups -OCH3 is 1. The Kier molecular flexibility index (Phi) is 5.50. The lowest BCUT2D eigenvalue weighted by Crippen LogP contribution is -2.12. The molecule has 0 saturated heterocycles. The Bertz CT molecular complexity index is 1250. The summed E-state index contributed by atoms with van der Waals surface area (Å²) in [5.41, 5.74) is 1.74. The molecule has 0 fully saturated rings. The predicted molar refractivity (Wildman–Crippen MR) is 116 cm³/mol. The number of aromatic amines is 1. The van der Waals surface area contributed by atoms with Gasteiger partial charge in [-0.3, -0.25) is 4.79 Å². The van der Waals surface area contributed by atoms with Crippen LogP contribution in [0.25, 0.3) is 34.1 Å². The van der Waals surface area contributed by atoms with Crippen LogP contribution in [-0.2, 0) is 11.3 Å². The van der Waals surface area contributed by atoms with Gasteiger partial charge in [0.05, 0.1) is 5.56 Å². The second kappa shape index (κ2) is 8.41. The standard InChI is InChI=1S/C22H21N5O4/c1-27(2)22-23-10-14(11-24-22)21-25-17(13-7-5-4-6-8-13)18(26-21)20-19(29)16(28)9-15(31-20)12-30-3/h4-11,29H,12H2,1-3H3,(H,25,26). The van der Waals surface area contributed by atoms with E-state index in [0.29, 0.717) is 28.7 Å². The Morgan fingerprint density at radius 1 is 1.13 bits per heavy atom. The number of nitrogens with zero attached hydrogens (tertiary/aromatic N) is 4. The first-order chi connectivity index (χ1) is 15.0. The van der Waals surface area contributed by atoms with Crippen molar-refractivity contribution in [1.82, 2.24) is 19.9 Å². The molecule has 9 heteroatoms. The number of nitrogens with one attached hydrogen (secondary N) is 1. The van der Waals surface area contributed by atoms with Crippen LogP contribution in [0.4, 0.5) is 5.95 Å². The lowest BCUT2D eigenvalue weighted by atomic mass is 10.1. The number of rotatable bonds is 6. The molecule has 0 bridgehead atoms. The maximum absolute atomic E-state index is 12.3. The summed E-state index contributed by atoms with van der Waals surface area (Å²) >= 11 is 0. The van der Waals surface area contributed by atoms with E-state index in [9.17, 15) is 9.90 Å². The molecule has 158 valence electrons. The van der Waals surface area contributed by atoms with E-state index in [4.69, 9.17) is 14.1 Å². The van der Waals surface area contributed by atoms with Crippen LogP contribution in [-0.4, -0.2) is 46.2 Å². The highest BCUT2D eigenvalue weighted by Crippen LogP contribution is 2.36. The molecule has 3 aromatic heterocycles. The van der Waals surface area contributed by atoms with Gasteiger partial charge in [0, 0.05) is 45.2 Å². The molecule has 0 aliphatic rings. The Hall–Kier alpha value is -3.98. The van der Waals surface area contributed by atoms with Crippen LogP contribution >= 0.6 is 0 Å². The summed E-state index contributed by atoms with van der Waals surface area (Å²) in [7, 11) is 5.20. The molecule has 0 radical (unpaired) electrons. The Labute approximate surface area is 178 Å². The average molecular weight is 419 g/mol. The van der Waals surface area contributed by atoms with Gasteiger partial charge in [0.2, 0.25) is 17.1 Å². The molecule has 0 atom stereocenters. The minimum atomic E-state index is -0.567. The zero-order valence-electron chi connectivity index (χ0n) is 17.3. The maximum Gasteiger partial charge on any atom is 0.227 e. The van der Waals surface area contributed by atoms with Crippen molar-refractivity contribution in [2.75, 3.05) is 26.1 Å². The SMILES string of the molecule is COCc1cc(=O)c(O)c(-c2[nH]c(-c3cnc(N(C)C)nc3)nc2-c2ccccc2)o1. The van der Waals surface area contributed by atoms with Crippen LogP contribution in [0.1, 0.15) is 5.76 Å². The highest BCUT2D eigenvalue weighted by atomic mass is 16.5. The second-order valence-electron chi connectivity index (χ2n) is 7.03. The summed E-state index contributed by atoms with van der Waals surface area (Å²) in [6, 6.07) is 10.6. The molecule has 0 aliphatic carbocycles. The normalized spacial score (nSPS) is 10.9. The van der Waals surface area contributed by atoms with E-state index in [2.05, 4.69) is 15.0 Å². The monoisotopic (exact) mass is 419 g/mol. The fourth-order valence-corrected chi connectivity index (χ4v) is 3.07. The first-order valence-corrected chi connectivity index (χ1v) is 9.48. The van der Waals surface area contributed by atoms with Crippen molar-refractivity contribution < 1.29 is 14.3 Å². The van der Waals surface area contributed by atoms with Crippen LogP contribution in [0.3, 0.4) is 0 Å². The highest BCUT2D eigenvalue weighted by molar-refractivity contribution is 5.81. The Morgan fingerprint density at radius 3 is 2.48 bits per heavy atom. The molecule has 0 spiro atoms. The predicted octanol–water partition coefficient (Wildman–Crippen LogP) is 3.07. The number of anilines is 1. The molecule has 0 saturated carbocycles. The molecule has 3 heterocycles. The minimum Gasteiger partial charge on any atom is -0.501 e. The van der Waals surface area contributed by atoms with Gasteiger partial charge in [0.25, 0.3) is 0 Å². The first-order valence-electron chi connectivity index (χ1n) is 9.48. The summed E-state index contributed by atoms with van der Waals surface area (Å²) in [5.74, 6) is 0.802. The van der Waals surface area contributed by atoms with Gasteiger partial charge in [0.1, 0.15) is 29.6 Å². The van der Waals surface area contributed by atoms with Crippen molar-refractivity contribution in [3.05, 3.63) is 64.8 Å². The molecule has 4 aromatic rings. The molecule has 4 rings (SSSR count). The summed E-state index contributed by atoms with van der Waals surface area (Å²) in [5, 5.41) is 10.5. The summed E-state index contributed by atoms with van der Waals surface area (Å²) in [6.07, 6.45) is 3.30. The third kappa shape index (κ3) is 4.03.